The van der Waals surface area contributed by atoms with Crippen molar-refractivity contribution in [1.82, 2.24) is 0 Å². The Morgan fingerprint density at radius 1 is 1.33 bits per heavy atom. The highest BCUT2D eigenvalue weighted by Crippen LogP contribution is 2.39. The van der Waals surface area contributed by atoms with Crippen molar-refractivity contribution in [3.05, 3.63) is 39.5 Å². The zero-order chi connectivity index (χ0) is 19.7. The first-order valence-corrected chi connectivity index (χ1v) is 8.88. The van der Waals surface area contributed by atoms with Crippen LogP contribution < -0.4 is 4.74 Å². The van der Waals surface area contributed by atoms with Gasteiger partial charge in [0, 0.05) is 11.1 Å². The maximum absolute atomic E-state index is 12.1. The zero-order valence-corrected chi connectivity index (χ0v) is 15.3. The van der Waals surface area contributed by atoms with Crippen molar-refractivity contribution in [1.29, 1.82) is 0 Å². The summed E-state index contributed by atoms with van der Waals surface area (Å²) in [4.78, 5) is 35.1. The van der Waals surface area contributed by atoms with Gasteiger partial charge in [0.15, 0.2) is 0 Å². The van der Waals surface area contributed by atoms with Crippen molar-refractivity contribution in [3.8, 4) is 5.75 Å². The number of hydrogen-bond donors (Lipinski definition) is 2. The van der Waals surface area contributed by atoms with E-state index in [1.54, 1.807) is 6.92 Å². The summed E-state index contributed by atoms with van der Waals surface area (Å²) < 4.78 is 10.5. The second-order valence-electron chi connectivity index (χ2n) is 6.92. The van der Waals surface area contributed by atoms with Crippen LogP contribution in [0.15, 0.2) is 11.6 Å². The number of esters is 1. The molecule has 1 saturated carbocycles. The van der Waals surface area contributed by atoms with Crippen LogP contribution in [0.25, 0.3) is 0 Å². The Hall–Kier alpha value is -2.83. The van der Waals surface area contributed by atoms with E-state index >= 15 is 0 Å². The van der Waals surface area contributed by atoms with Crippen LogP contribution in [0.2, 0.25) is 0 Å². The third kappa shape index (κ3) is 3.41. The fourth-order valence-electron chi connectivity index (χ4n) is 4.18. The van der Waals surface area contributed by atoms with Crippen molar-refractivity contribution in [2.24, 2.45) is 5.92 Å². The van der Waals surface area contributed by atoms with Crippen molar-refractivity contribution >= 4 is 17.9 Å². The fraction of sp³-hybridized carbons (Fsp3) is 0.450. The molecule has 1 aliphatic carbocycles. The molecule has 0 bridgehead atoms. The van der Waals surface area contributed by atoms with Gasteiger partial charge >= 0.3 is 17.9 Å². The Bertz CT molecular complexity index is 851. The topological polar surface area (TPSA) is 110 Å². The molecule has 1 atom stereocenters. The molecule has 1 aliphatic heterocycles. The molecule has 2 aliphatic rings. The summed E-state index contributed by atoms with van der Waals surface area (Å²) >= 11 is 0. The second kappa shape index (κ2) is 7.42. The van der Waals surface area contributed by atoms with Gasteiger partial charge in [0.05, 0.1) is 24.7 Å². The largest absolute Gasteiger partial charge is 0.496 e. The van der Waals surface area contributed by atoms with Gasteiger partial charge in [-0.2, -0.15) is 0 Å². The van der Waals surface area contributed by atoms with E-state index in [9.17, 15) is 19.5 Å². The molecule has 0 spiro atoms. The number of fused-ring (bicyclic) bond motifs is 1. The van der Waals surface area contributed by atoms with Crippen LogP contribution in [0.3, 0.4) is 0 Å². The van der Waals surface area contributed by atoms with Crippen molar-refractivity contribution in [2.45, 2.75) is 45.6 Å². The van der Waals surface area contributed by atoms with Gasteiger partial charge in [0.25, 0.3) is 0 Å². The first-order valence-electron chi connectivity index (χ1n) is 8.88. The van der Waals surface area contributed by atoms with E-state index in [0.29, 0.717) is 22.4 Å². The van der Waals surface area contributed by atoms with Crippen LogP contribution in [-0.4, -0.2) is 35.2 Å². The Labute approximate surface area is 156 Å². The summed E-state index contributed by atoms with van der Waals surface area (Å²) in [5, 5.41) is 18.8. The molecule has 2 N–H and O–H groups in total. The maximum atomic E-state index is 12.1. The number of carboxylic acid groups (broad SMARTS) is 2. The van der Waals surface area contributed by atoms with Crippen molar-refractivity contribution < 1.29 is 34.1 Å². The average molecular weight is 374 g/mol. The Kier molecular flexibility index (Phi) is 5.21. The zero-order valence-electron chi connectivity index (χ0n) is 15.3. The van der Waals surface area contributed by atoms with Gasteiger partial charge < -0.3 is 19.7 Å². The monoisotopic (exact) mass is 374 g/mol. The van der Waals surface area contributed by atoms with Crippen LogP contribution in [0.5, 0.6) is 5.75 Å². The minimum atomic E-state index is -1.20. The van der Waals surface area contributed by atoms with E-state index in [1.165, 1.54) is 7.11 Å². The van der Waals surface area contributed by atoms with Gasteiger partial charge in [-0.15, -0.1) is 0 Å². The predicted molar refractivity (Wildman–Crippen MR) is 95.2 cm³/mol. The number of methoxy groups -OCH3 is 1. The van der Waals surface area contributed by atoms with Crippen molar-refractivity contribution in [2.75, 3.05) is 7.11 Å². The molecule has 0 radical (unpaired) electrons. The quantitative estimate of drug-likeness (QED) is 0.581. The molecular formula is C20H22O7. The second-order valence-corrected chi connectivity index (χ2v) is 6.92. The lowest BCUT2D eigenvalue weighted by atomic mass is 9.89. The third-order valence-electron chi connectivity index (χ3n) is 5.42. The normalized spacial score (nSPS) is 19.9. The molecule has 1 heterocycles. The van der Waals surface area contributed by atoms with Gasteiger partial charge in [0.1, 0.15) is 12.4 Å². The number of cyclic esters (lactones) is 1. The lowest BCUT2D eigenvalue weighted by Gasteiger charge is -2.17. The van der Waals surface area contributed by atoms with Crippen LogP contribution >= 0.6 is 0 Å². The van der Waals surface area contributed by atoms with Crippen LogP contribution in [-0.2, 0) is 22.6 Å². The van der Waals surface area contributed by atoms with Crippen molar-refractivity contribution in [3.63, 3.8) is 0 Å². The van der Waals surface area contributed by atoms with Gasteiger partial charge in [-0.3, -0.25) is 4.79 Å². The number of rotatable bonds is 6. The summed E-state index contributed by atoms with van der Waals surface area (Å²) in [6, 6.07) is 0. The number of carbonyl (C=O) groups excluding carboxylic acids is 1. The van der Waals surface area contributed by atoms with Gasteiger partial charge in [-0.1, -0.05) is 11.6 Å². The van der Waals surface area contributed by atoms with E-state index in [-0.39, 0.29) is 36.5 Å². The maximum Gasteiger partial charge on any atom is 0.339 e. The Morgan fingerprint density at radius 3 is 2.70 bits per heavy atom. The number of allylic oxidation sites excluding steroid dienone is 2. The molecule has 1 aromatic rings. The molecular weight excluding hydrogens is 352 g/mol. The number of carboxylic acids is 2. The summed E-state index contributed by atoms with van der Waals surface area (Å²) in [7, 11) is 1.47. The van der Waals surface area contributed by atoms with E-state index in [2.05, 4.69) is 0 Å². The first-order chi connectivity index (χ1) is 12.8. The third-order valence-corrected chi connectivity index (χ3v) is 5.42. The molecule has 1 aromatic carbocycles. The molecule has 0 unspecified atom stereocenters. The van der Waals surface area contributed by atoms with Crippen LogP contribution in [0, 0.1) is 12.8 Å². The highest BCUT2D eigenvalue weighted by molar-refractivity contribution is 6.07. The SMILES string of the molecule is COc1c(C)c2c(c(C(=O)O)c1C/C=C1\CCC[C@H]1CC(=O)O)C(=O)OC2. The smallest absolute Gasteiger partial charge is 0.339 e. The Balaban J connectivity index is 2.07. The molecule has 3 rings (SSSR count). The highest BCUT2D eigenvalue weighted by Gasteiger charge is 2.34. The van der Waals surface area contributed by atoms with Gasteiger partial charge in [-0.05, 0) is 44.1 Å². The lowest BCUT2D eigenvalue weighted by molar-refractivity contribution is -0.137. The molecule has 1 fully saturated rings. The minimum absolute atomic E-state index is 0.0257. The minimum Gasteiger partial charge on any atom is -0.496 e. The molecule has 0 aromatic heterocycles. The van der Waals surface area contributed by atoms with E-state index < -0.39 is 17.9 Å². The predicted octanol–water partition coefficient (Wildman–Crippen LogP) is 3.12. The standard InChI is InChI=1S/C20H22O7/c1-10-14-9-27-20(25)17(14)16(19(23)24)13(18(10)26-2)7-6-11-4-3-5-12(11)8-15(21)22/h6,12H,3-5,7-9H2,1-2H3,(H,21,22)(H,23,24)/b11-6+/t12-/m0/s1. The highest BCUT2D eigenvalue weighted by atomic mass is 16.5. The van der Waals surface area contributed by atoms with E-state index in [1.807, 2.05) is 6.08 Å². The van der Waals surface area contributed by atoms with E-state index in [0.717, 1.165) is 24.8 Å². The number of carbonyl (C=O) groups is 3. The Morgan fingerprint density at radius 2 is 2.07 bits per heavy atom. The molecule has 7 heteroatoms. The average Bonchev–Trinajstić information content (AvgIpc) is 3.19. The van der Waals surface area contributed by atoms with Crippen LogP contribution in [0.4, 0.5) is 0 Å². The van der Waals surface area contributed by atoms with Crippen LogP contribution in [0.1, 0.15) is 63.1 Å². The molecule has 0 saturated heterocycles. The summed E-state index contributed by atoms with van der Waals surface area (Å²) in [5.74, 6) is -2.26. The molecule has 0 amide bonds. The molecule has 7 nitrogen and oxygen atoms in total. The number of ether oxygens (including phenoxy) is 2. The first kappa shape index (κ1) is 18.9. The number of benzene rings is 1. The lowest BCUT2D eigenvalue weighted by Crippen LogP contribution is -2.14. The van der Waals surface area contributed by atoms with E-state index in [4.69, 9.17) is 14.6 Å². The number of aromatic carboxylic acids is 1. The summed E-state index contributed by atoms with van der Waals surface area (Å²) in [5.41, 5.74) is 2.72. The summed E-state index contributed by atoms with van der Waals surface area (Å²) in [6.45, 7) is 1.82. The number of aliphatic carboxylic acids is 1. The summed E-state index contributed by atoms with van der Waals surface area (Å²) in [6.07, 6.45) is 4.77. The molecule has 27 heavy (non-hydrogen) atoms. The fourth-order valence-corrected chi connectivity index (χ4v) is 4.18. The number of hydrogen-bond acceptors (Lipinski definition) is 5. The van der Waals surface area contributed by atoms with Gasteiger partial charge in [0.2, 0.25) is 0 Å². The molecule has 144 valence electrons. The van der Waals surface area contributed by atoms with Gasteiger partial charge in [-0.25, -0.2) is 9.59 Å².